The molecule has 1 aliphatic carbocycles. The van der Waals surface area contributed by atoms with Crippen molar-refractivity contribution in [3.8, 4) is 0 Å². The molecule has 108 valence electrons. The van der Waals surface area contributed by atoms with E-state index in [2.05, 4.69) is 32.4 Å². The summed E-state index contributed by atoms with van der Waals surface area (Å²) in [5.41, 5.74) is 1.22. The van der Waals surface area contributed by atoms with Gasteiger partial charge in [-0.15, -0.1) is 11.3 Å². The summed E-state index contributed by atoms with van der Waals surface area (Å²) in [5, 5.41) is 5.77. The van der Waals surface area contributed by atoms with E-state index in [9.17, 15) is 0 Å². The minimum atomic E-state index is 0.688. The number of hydrogen-bond donors (Lipinski definition) is 1. The molecule has 2 aromatic heterocycles. The molecule has 1 unspecified atom stereocenters. The fourth-order valence-electron chi connectivity index (χ4n) is 3.21. The highest BCUT2D eigenvalue weighted by atomic mass is 32.1. The molecular formula is C15H22N4S. The maximum absolute atomic E-state index is 4.74. The van der Waals surface area contributed by atoms with Crippen molar-refractivity contribution in [1.29, 1.82) is 0 Å². The summed E-state index contributed by atoms with van der Waals surface area (Å²) in [4.78, 5) is 8.50. The summed E-state index contributed by atoms with van der Waals surface area (Å²) < 4.78 is 2.14. The zero-order valence-corrected chi connectivity index (χ0v) is 12.6. The summed E-state index contributed by atoms with van der Waals surface area (Å²) in [6.45, 7) is 3.40. The first kappa shape index (κ1) is 12.8. The van der Waals surface area contributed by atoms with Crippen molar-refractivity contribution in [1.82, 2.24) is 19.6 Å². The predicted octanol–water partition coefficient (Wildman–Crippen LogP) is 2.50. The number of nitrogens with one attached hydrogen (secondary N) is 1. The van der Waals surface area contributed by atoms with Gasteiger partial charge in [-0.3, -0.25) is 9.30 Å². The molecule has 0 radical (unpaired) electrons. The summed E-state index contributed by atoms with van der Waals surface area (Å²) in [5.74, 6) is 0. The summed E-state index contributed by atoms with van der Waals surface area (Å²) in [6, 6.07) is 1.49. The number of rotatable bonds is 5. The van der Waals surface area contributed by atoms with E-state index in [1.807, 2.05) is 0 Å². The second-order valence-corrected chi connectivity index (χ2v) is 7.01. The second-order valence-electron chi connectivity index (χ2n) is 6.13. The van der Waals surface area contributed by atoms with Crippen molar-refractivity contribution in [3.63, 3.8) is 0 Å². The molecule has 20 heavy (non-hydrogen) atoms. The van der Waals surface area contributed by atoms with Crippen molar-refractivity contribution >= 4 is 16.3 Å². The number of thiazole rings is 1. The minimum absolute atomic E-state index is 0.688. The van der Waals surface area contributed by atoms with Crippen LogP contribution in [-0.4, -0.2) is 39.5 Å². The van der Waals surface area contributed by atoms with Gasteiger partial charge in [0, 0.05) is 42.9 Å². The van der Waals surface area contributed by atoms with Gasteiger partial charge in [0.05, 0.1) is 5.69 Å². The molecule has 5 heteroatoms. The molecule has 1 N–H and O–H groups in total. The lowest BCUT2D eigenvalue weighted by atomic mass is 10.0. The Morgan fingerprint density at radius 2 is 2.30 bits per heavy atom. The molecule has 4 rings (SSSR count). The van der Waals surface area contributed by atoms with Crippen LogP contribution in [0.5, 0.6) is 0 Å². The third kappa shape index (κ3) is 2.75. The highest BCUT2D eigenvalue weighted by Crippen LogP contribution is 2.29. The molecular weight excluding hydrogens is 268 g/mol. The normalized spacial score (nSPS) is 23.8. The van der Waals surface area contributed by atoms with Crippen LogP contribution in [0.15, 0.2) is 17.8 Å². The number of aromatic nitrogens is 2. The van der Waals surface area contributed by atoms with E-state index in [4.69, 9.17) is 4.98 Å². The van der Waals surface area contributed by atoms with Crippen LogP contribution in [-0.2, 0) is 6.54 Å². The van der Waals surface area contributed by atoms with Crippen LogP contribution in [0.3, 0.4) is 0 Å². The lowest BCUT2D eigenvalue weighted by molar-refractivity contribution is 0.206. The third-order valence-corrected chi connectivity index (χ3v) is 5.21. The van der Waals surface area contributed by atoms with Gasteiger partial charge in [0.15, 0.2) is 4.96 Å². The van der Waals surface area contributed by atoms with Gasteiger partial charge in [0.2, 0.25) is 0 Å². The molecule has 1 aliphatic heterocycles. The SMILES string of the molecule is c1cn2cc(CN(CC3CCCCN3)C3CC3)nc2s1. The standard InChI is InChI=1S/C15H22N4S/c1-2-6-16-12(3-1)9-19(14-4-5-14)11-13-10-18-7-8-20-15(18)17-13/h7-8,10,12,14,16H,1-6,9,11H2. The van der Waals surface area contributed by atoms with Gasteiger partial charge in [0.1, 0.15) is 0 Å². The molecule has 2 fully saturated rings. The van der Waals surface area contributed by atoms with Crippen LogP contribution in [0.4, 0.5) is 0 Å². The first-order valence-corrected chi connectivity index (χ1v) is 8.65. The highest BCUT2D eigenvalue weighted by Gasteiger charge is 2.31. The molecule has 3 heterocycles. The Morgan fingerprint density at radius 3 is 3.05 bits per heavy atom. The Balaban J connectivity index is 1.43. The molecule has 2 aromatic rings. The van der Waals surface area contributed by atoms with Gasteiger partial charge >= 0.3 is 0 Å². The van der Waals surface area contributed by atoms with E-state index in [0.717, 1.165) is 17.5 Å². The van der Waals surface area contributed by atoms with Crippen LogP contribution >= 0.6 is 11.3 Å². The molecule has 2 aliphatic rings. The van der Waals surface area contributed by atoms with Gasteiger partial charge in [-0.25, -0.2) is 4.98 Å². The van der Waals surface area contributed by atoms with Gasteiger partial charge in [0.25, 0.3) is 0 Å². The molecule has 1 saturated heterocycles. The molecule has 0 spiro atoms. The van der Waals surface area contributed by atoms with Crippen LogP contribution in [0, 0.1) is 0 Å². The average molecular weight is 290 g/mol. The van der Waals surface area contributed by atoms with E-state index >= 15 is 0 Å². The van der Waals surface area contributed by atoms with Crippen LogP contribution in [0.25, 0.3) is 4.96 Å². The fraction of sp³-hybridized carbons (Fsp3) is 0.667. The zero-order valence-electron chi connectivity index (χ0n) is 11.8. The highest BCUT2D eigenvalue weighted by molar-refractivity contribution is 7.15. The third-order valence-electron chi connectivity index (χ3n) is 4.44. The Morgan fingerprint density at radius 1 is 1.35 bits per heavy atom. The van der Waals surface area contributed by atoms with Crippen molar-refractivity contribution in [2.24, 2.45) is 0 Å². The second kappa shape index (κ2) is 5.47. The van der Waals surface area contributed by atoms with E-state index < -0.39 is 0 Å². The topological polar surface area (TPSA) is 32.6 Å². The van der Waals surface area contributed by atoms with Crippen LogP contribution in [0.1, 0.15) is 37.8 Å². The summed E-state index contributed by atoms with van der Waals surface area (Å²) in [6.07, 6.45) is 11.1. The summed E-state index contributed by atoms with van der Waals surface area (Å²) in [7, 11) is 0. The molecule has 1 atom stereocenters. The van der Waals surface area contributed by atoms with Gasteiger partial charge in [-0.1, -0.05) is 6.42 Å². The van der Waals surface area contributed by atoms with Crippen molar-refractivity contribution in [3.05, 3.63) is 23.5 Å². The van der Waals surface area contributed by atoms with E-state index in [0.29, 0.717) is 6.04 Å². The summed E-state index contributed by atoms with van der Waals surface area (Å²) >= 11 is 1.72. The van der Waals surface area contributed by atoms with E-state index in [-0.39, 0.29) is 0 Å². The molecule has 4 nitrogen and oxygen atoms in total. The number of nitrogens with zero attached hydrogens (tertiary/aromatic N) is 3. The van der Waals surface area contributed by atoms with Gasteiger partial charge < -0.3 is 5.32 Å². The lowest BCUT2D eigenvalue weighted by Crippen LogP contribution is -2.44. The number of imidazole rings is 1. The predicted molar refractivity (Wildman–Crippen MR) is 82.1 cm³/mol. The van der Waals surface area contributed by atoms with Gasteiger partial charge in [-0.2, -0.15) is 0 Å². The van der Waals surface area contributed by atoms with Crippen LogP contribution in [0.2, 0.25) is 0 Å². The molecule has 0 aromatic carbocycles. The average Bonchev–Trinajstić information content (AvgIpc) is 3.11. The number of fused-ring (bicyclic) bond motifs is 1. The first-order valence-electron chi connectivity index (χ1n) is 7.77. The van der Waals surface area contributed by atoms with Gasteiger partial charge in [-0.05, 0) is 32.2 Å². The lowest BCUT2D eigenvalue weighted by Gasteiger charge is -2.30. The van der Waals surface area contributed by atoms with Crippen molar-refractivity contribution in [2.45, 2.75) is 50.7 Å². The quantitative estimate of drug-likeness (QED) is 0.918. The Labute approximate surface area is 123 Å². The molecule has 1 saturated carbocycles. The smallest absolute Gasteiger partial charge is 0.193 e. The Kier molecular flexibility index (Phi) is 3.50. The molecule has 0 bridgehead atoms. The van der Waals surface area contributed by atoms with E-state index in [1.54, 1.807) is 11.3 Å². The number of piperidine rings is 1. The largest absolute Gasteiger partial charge is 0.313 e. The van der Waals surface area contributed by atoms with Crippen molar-refractivity contribution < 1.29 is 0 Å². The van der Waals surface area contributed by atoms with E-state index in [1.165, 1.54) is 50.9 Å². The Bertz CT molecular complexity index is 537. The maximum atomic E-state index is 4.74. The monoisotopic (exact) mass is 290 g/mol. The Hall–Kier alpha value is -0.910. The minimum Gasteiger partial charge on any atom is -0.313 e. The number of hydrogen-bond acceptors (Lipinski definition) is 4. The maximum Gasteiger partial charge on any atom is 0.193 e. The van der Waals surface area contributed by atoms with Crippen molar-refractivity contribution in [2.75, 3.05) is 13.1 Å². The molecule has 0 amide bonds. The fourth-order valence-corrected chi connectivity index (χ4v) is 3.92. The first-order chi connectivity index (χ1) is 9.88. The van der Waals surface area contributed by atoms with Crippen LogP contribution < -0.4 is 5.32 Å². The zero-order chi connectivity index (χ0) is 13.4.